The van der Waals surface area contributed by atoms with Gasteiger partial charge in [-0.3, -0.25) is 4.79 Å². The first-order valence-corrected chi connectivity index (χ1v) is 8.63. The molecule has 140 valence electrons. The van der Waals surface area contributed by atoms with Gasteiger partial charge in [-0.25, -0.2) is 4.63 Å². The number of carbonyl (C=O) groups excluding carboxylic acids is 1. The van der Waals surface area contributed by atoms with Gasteiger partial charge in [-0.1, -0.05) is 15.9 Å². The van der Waals surface area contributed by atoms with Crippen molar-refractivity contribution in [1.82, 2.24) is 10.3 Å². The first-order valence-electron chi connectivity index (χ1n) is 7.84. The fourth-order valence-corrected chi connectivity index (χ4v) is 2.56. The summed E-state index contributed by atoms with van der Waals surface area (Å²) in [4.78, 5) is 12.2. The van der Waals surface area contributed by atoms with E-state index in [0.29, 0.717) is 28.5 Å². The minimum Gasteiger partial charge on any atom is -0.493 e. The highest BCUT2D eigenvalue weighted by Crippen LogP contribution is 2.33. The molecule has 0 bridgehead atoms. The zero-order valence-corrected chi connectivity index (χ0v) is 16.1. The van der Waals surface area contributed by atoms with Gasteiger partial charge in [0.15, 0.2) is 23.8 Å². The van der Waals surface area contributed by atoms with Gasteiger partial charge < -0.3 is 19.5 Å². The molecule has 0 radical (unpaired) electrons. The van der Waals surface area contributed by atoms with Gasteiger partial charge in [0.05, 0.1) is 14.2 Å². The van der Waals surface area contributed by atoms with E-state index in [0.717, 1.165) is 4.47 Å². The fraction of sp³-hybridized carbons (Fsp3) is 0.167. The Bertz CT molecular complexity index is 927. The zero-order chi connectivity index (χ0) is 19.2. The summed E-state index contributed by atoms with van der Waals surface area (Å²) >= 11 is 3.34. The topological polar surface area (TPSA) is 95.7 Å². The van der Waals surface area contributed by atoms with Crippen molar-refractivity contribution >= 4 is 27.7 Å². The lowest BCUT2D eigenvalue weighted by molar-refractivity contribution is -0.118. The maximum Gasteiger partial charge on any atom is 0.263 e. The number of benzene rings is 2. The first-order chi connectivity index (χ1) is 13.1. The van der Waals surface area contributed by atoms with E-state index in [1.807, 2.05) is 12.1 Å². The number of nitrogens with one attached hydrogen (secondary N) is 1. The van der Waals surface area contributed by atoms with Gasteiger partial charge in [0.1, 0.15) is 5.75 Å². The molecule has 3 aromatic rings. The van der Waals surface area contributed by atoms with Crippen molar-refractivity contribution in [3.8, 4) is 28.5 Å². The molecule has 0 aliphatic carbocycles. The van der Waals surface area contributed by atoms with Crippen LogP contribution >= 0.6 is 15.9 Å². The molecule has 8 nitrogen and oxygen atoms in total. The Morgan fingerprint density at radius 1 is 1.07 bits per heavy atom. The summed E-state index contributed by atoms with van der Waals surface area (Å²) < 4.78 is 21.6. The molecule has 2 aromatic carbocycles. The van der Waals surface area contributed by atoms with E-state index in [-0.39, 0.29) is 12.4 Å². The van der Waals surface area contributed by atoms with E-state index in [4.69, 9.17) is 18.8 Å². The molecular weight excluding hydrogens is 418 g/mol. The Labute approximate surface area is 163 Å². The van der Waals surface area contributed by atoms with E-state index in [9.17, 15) is 4.79 Å². The number of amides is 1. The lowest BCUT2D eigenvalue weighted by Crippen LogP contribution is -2.20. The standard InChI is InChI=1S/C18H16BrN3O5/c1-24-14-8-3-11(9-15(14)25-2)17-18(22-27-21-17)20-16(23)10-26-13-6-4-12(19)5-7-13/h3-9H,10H2,1-2H3,(H,20,22,23). The number of ether oxygens (including phenoxy) is 3. The van der Waals surface area contributed by atoms with Crippen LogP contribution in [-0.4, -0.2) is 37.0 Å². The molecule has 1 heterocycles. The second kappa shape index (κ2) is 8.54. The number of hydrogen-bond donors (Lipinski definition) is 1. The van der Waals surface area contributed by atoms with Crippen LogP contribution < -0.4 is 19.5 Å². The van der Waals surface area contributed by atoms with E-state index < -0.39 is 5.91 Å². The normalized spacial score (nSPS) is 10.3. The zero-order valence-electron chi connectivity index (χ0n) is 14.6. The van der Waals surface area contributed by atoms with Crippen LogP contribution in [0.25, 0.3) is 11.3 Å². The molecule has 0 atom stereocenters. The maximum atomic E-state index is 12.2. The molecule has 0 fully saturated rings. The summed E-state index contributed by atoms with van der Waals surface area (Å²) in [5.41, 5.74) is 1.02. The van der Waals surface area contributed by atoms with Crippen LogP contribution in [0.1, 0.15) is 0 Å². The van der Waals surface area contributed by atoms with Crippen LogP contribution in [0.5, 0.6) is 17.2 Å². The third kappa shape index (κ3) is 4.56. The van der Waals surface area contributed by atoms with Gasteiger partial charge in [0.25, 0.3) is 5.91 Å². The minimum absolute atomic E-state index is 0.181. The number of halogens is 1. The summed E-state index contributed by atoms with van der Waals surface area (Å²) in [6.45, 7) is -0.181. The molecule has 1 amide bonds. The van der Waals surface area contributed by atoms with Crippen molar-refractivity contribution in [1.29, 1.82) is 0 Å². The lowest BCUT2D eigenvalue weighted by atomic mass is 10.1. The Hall–Kier alpha value is -3.07. The minimum atomic E-state index is -0.393. The van der Waals surface area contributed by atoms with Crippen LogP contribution in [0.4, 0.5) is 5.82 Å². The molecule has 0 unspecified atom stereocenters. The second-order valence-corrected chi connectivity index (χ2v) is 6.24. The number of hydrogen-bond acceptors (Lipinski definition) is 7. The molecule has 9 heteroatoms. The summed E-state index contributed by atoms with van der Waals surface area (Å²) in [5, 5.41) is 10.2. The number of rotatable bonds is 7. The first kappa shape index (κ1) is 18.7. The number of carbonyl (C=O) groups is 1. The lowest BCUT2D eigenvalue weighted by Gasteiger charge is -2.09. The Morgan fingerprint density at radius 2 is 1.81 bits per heavy atom. The molecule has 0 aliphatic heterocycles. The van der Waals surface area contributed by atoms with Gasteiger partial charge in [-0.05, 0) is 52.8 Å². The average Bonchev–Trinajstić information content (AvgIpc) is 3.15. The quantitative estimate of drug-likeness (QED) is 0.608. The van der Waals surface area contributed by atoms with Gasteiger partial charge in [-0.15, -0.1) is 0 Å². The maximum absolute atomic E-state index is 12.2. The fourth-order valence-electron chi connectivity index (χ4n) is 2.29. The Morgan fingerprint density at radius 3 is 2.52 bits per heavy atom. The predicted molar refractivity (Wildman–Crippen MR) is 101 cm³/mol. The van der Waals surface area contributed by atoms with Crippen LogP contribution in [-0.2, 0) is 4.79 Å². The number of anilines is 1. The van der Waals surface area contributed by atoms with Gasteiger partial charge >= 0.3 is 0 Å². The van der Waals surface area contributed by atoms with Crippen molar-refractivity contribution in [2.45, 2.75) is 0 Å². The second-order valence-electron chi connectivity index (χ2n) is 5.32. The monoisotopic (exact) mass is 433 g/mol. The number of methoxy groups -OCH3 is 2. The van der Waals surface area contributed by atoms with Crippen LogP contribution in [0, 0.1) is 0 Å². The Balaban J connectivity index is 1.69. The molecule has 0 spiro atoms. The third-order valence-electron chi connectivity index (χ3n) is 3.59. The van der Waals surface area contributed by atoms with Crippen LogP contribution in [0.2, 0.25) is 0 Å². The summed E-state index contributed by atoms with van der Waals surface area (Å²) in [6, 6.07) is 12.4. The van der Waals surface area contributed by atoms with Gasteiger partial charge in [0.2, 0.25) is 5.82 Å². The highest BCUT2D eigenvalue weighted by atomic mass is 79.9. The molecule has 0 saturated carbocycles. The average molecular weight is 434 g/mol. The molecule has 0 saturated heterocycles. The van der Waals surface area contributed by atoms with Crippen molar-refractivity contribution in [3.05, 3.63) is 46.9 Å². The van der Waals surface area contributed by atoms with E-state index in [1.54, 1.807) is 37.4 Å². The molecule has 3 rings (SSSR count). The SMILES string of the molecule is COc1ccc(-c2nonc2NC(=O)COc2ccc(Br)cc2)cc1OC. The third-order valence-corrected chi connectivity index (χ3v) is 4.12. The van der Waals surface area contributed by atoms with Gasteiger partial charge in [0, 0.05) is 10.0 Å². The molecular formula is C18H16BrN3O5. The molecule has 1 aromatic heterocycles. The van der Waals surface area contributed by atoms with E-state index >= 15 is 0 Å². The van der Waals surface area contributed by atoms with Crippen molar-refractivity contribution in [3.63, 3.8) is 0 Å². The number of nitrogens with zero attached hydrogens (tertiary/aromatic N) is 2. The number of aromatic nitrogens is 2. The summed E-state index contributed by atoms with van der Waals surface area (Å²) in [6.07, 6.45) is 0. The van der Waals surface area contributed by atoms with Crippen LogP contribution in [0.3, 0.4) is 0 Å². The summed E-state index contributed by atoms with van der Waals surface area (Å²) in [5.74, 6) is 1.47. The van der Waals surface area contributed by atoms with E-state index in [2.05, 4.69) is 31.6 Å². The van der Waals surface area contributed by atoms with Crippen molar-refractivity contribution in [2.24, 2.45) is 0 Å². The van der Waals surface area contributed by atoms with Gasteiger partial charge in [-0.2, -0.15) is 0 Å². The summed E-state index contributed by atoms with van der Waals surface area (Å²) in [7, 11) is 3.08. The van der Waals surface area contributed by atoms with Crippen LogP contribution in [0.15, 0.2) is 51.6 Å². The smallest absolute Gasteiger partial charge is 0.263 e. The van der Waals surface area contributed by atoms with Crippen molar-refractivity contribution in [2.75, 3.05) is 26.1 Å². The molecule has 27 heavy (non-hydrogen) atoms. The largest absolute Gasteiger partial charge is 0.493 e. The van der Waals surface area contributed by atoms with Crippen molar-refractivity contribution < 1.29 is 23.6 Å². The highest BCUT2D eigenvalue weighted by molar-refractivity contribution is 9.10. The highest BCUT2D eigenvalue weighted by Gasteiger charge is 2.17. The predicted octanol–water partition coefficient (Wildman–Crippen LogP) is 3.53. The Kier molecular flexibility index (Phi) is 5.92. The van der Waals surface area contributed by atoms with E-state index in [1.165, 1.54) is 7.11 Å². The molecule has 0 aliphatic rings. The molecule has 1 N–H and O–H groups in total.